The van der Waals surface area contributed by atoms with Crippen molar-refractivity contribution in [3.8, 4) is 5.75 Å². The van der Waals surface area contributed by atoms with Gasteiger partial charge in [0.15, 0.2) is 0 Å². The lowest BCUT2D eigenvalue weighted by Gasteiger charge is -2.37. The molecule has 1 N–H and O–H groups in total. The third-order valence-electron chi connectivity index (χ3n) is 13.9. The van der Waals surface area contributed by atoms with Gasteiger partial charge in [-0.25, -0.2) is 9.78 Å². The molecule has 71 heavy (non-hydrogen) atoms. The van der Waals surface area contributed by atoms with E-state index in [2.05, 4.69) is 11.6 Å². The number of aromatic nitrogens is 1. The van der Waals surface area contributed by atoms with Crippen molar-refractivity contribution in [2.45, 2.75) is 168 Å². The van der Waals surface area contributed by atoms with Gasteiger partial charge < -0.3 is 28.8 Å². The molecule has 2 saturated heterocycles. The lowest BCUT2D eigenvalue weighted by Crippen LogP contribution is -2.47. The van der Waals surface area contributed by atoms with Gasteiger partial charge in [-0.05, 0) is 81.2 Å². The summed E-state index contributed by atoms with van der Waals surface area (Å²) in [7, 11) is 0. The van der Waals surface area contributed by atoms with Crippen LogP contribution in [0, 0.1) is 34.3 Å². The number of ketones is 1. The highest BCUT2D eigenvalue weighted by atomic mass is 32.1. The van der Waals surface area contributed by atoms with Gasteiger partial charge in [-0.1, -0.05) is 83.9 Å². The zero-order chi connectivity index (χ0) is 51.5. The molecule has 7 atom stereocenters. The van der Waals surface area contributed by atoms with E-state index in [0.29, 0.717) is 38.6 Å². The Morgan fingerprint density at radius 1 is 1.00 bits per heavy atom. The minimum Gasteiger partial charge on any atom is -0.457 e. The van der Waals surface area contributed by atoms with Crippen LogP contribution >= 0.6 is 11.3 Å². The zero-order valence-corrected chi connectivity index (χ0v) is 42.2. The van der Waals surface area contributed by atoms with Crippen LogP contribution in [0.3, 0.4) is 0 Å². The molecular formula is C53H67N3O14S. The van der Waals surface area contributed by atoms with E-state index < -0.39 is 88.7 Å². The number of aryl methyl sites for hydroxylation is 1. The minimum atomic E-state index is -1.51. The van der Waals surface area contributed by atoms with Crippen molar-refractivity contribution in [1.82, 2.24) is 9.88 Å². The molecule has 0 spiro atoms. The van der Waals surface area contributed by atoms with Crippen LogP contribution < -0.4 is 4.74 Å². The fourth-order valence-corrected chi connectivity index (χ4v) is 10.3. The minimum absolute atomic E-state index is 0.0667. The molecule has 6 rings (SSSR count). The van der Waals surface area contributed by atoms with Crippen LogP contribution in [0.4, 0.5) is 10.5 Å². The van der Waals surface area contributed by atoms with E-state index >= 15 is 0 Å². The van der Waals surface area contributed by atoms with Crippen LogP contribution in [0.15, 0.2) is 61.2 Å². The molecule has 3 aliphatic rings. The van der Waals surface area contributed by atoms with Crippen LogP contribution in [0.5, 0.6) is 5.75 Å². The number of cyclic esters (lactones) is 1. The lowest BCUT2D eigenvalue weighted by molar-refractivity contribution is -0.385. The van der Waals surface area contributed by atoms with Crippen LogP contribution in [-0.2, 0) is 49.5 Å². The number of hydrogen-bond acceptors (Lipinski definition) is 16. The number of benzene rings is 2. The third-order valence-corrected chi connectivity index (χ3v) is 14.9. The fourth-order valence-electron chi connectivity index (χ4n) is 9.48. The number of carbonyl (C=O) groups excluding carboxylic acids is 6. The van der Waals surface area contributed by atoms with Crippen LogP contribution in [-0.4, -0.2) is 86.1 Å². The average molecular weight is 1000 g/mol. The summed E-state index contributed by atoms with van der Waals surface area (Å²) in [5.74, 6) is -3.95. The molecule has 1 aromatic heterocycles. The maximum atomic E-state index is 14.6. The van der Waals surface area contributed by atoms with Gasteiger partial charge in [-0.2, -0.15) is 0 Å². The number of nitro groups is 1. The molecule has 4 heterocycles. The summed E-state index contributed by atoms with van der Waals surface area (Å²) in [5, 5.41) is 24.6. The Hall–Kier alpha value is -5.85. The van der Waals surface area contributed by atoms with Crippen LogP contribution in [0.25, 0.3) is 10.2 Å². The number of hydrogen-bond donors (Lipinski definition) is 1. The molecular weight excluding hydrogens is 935 g/mol. The number of amides is 2. The number of nitrogens with zero attached hydrogens (tertiary/aromatic N) is 3. The van der Waals surface area contributed by atoms with Crippen molar-refractivity contribution < 1.29 is 62.5 Å². The van der Waals surface area contributed by atoms with Gasteiger partial charge in [0.25, 0.3) is 11.8 Å². The first kappa shape index (κ1) is 54.5. The van der Waals surface area contributed by atoms with Gasteiger partial charge in [0, 0.05) is 37.6 Å². The number of aliphatic hydroxyl groups is 1. The van der Waals surface area contributed by atoms with E-state index in [9.17, 15) is 44.0 Å². The number of carbonyl (C=O) groups is 6. The molecule has 384 valence electrons. The molecule has 2 aromatic carbocycles. The summed E-state index contributed by atoms with van der Waals surface area (Å²) in [5.41, 5.74) is -0.746. The molecule has 0 aliphatic carbocycles. The molecule has 0 unspecified atom stereocenters. The highest BCUT2D eigenvalue weighted by Crippen LogP contribution is 2.47. The normalized spacial score (nSPS) is 24.8. The number of imide groups is 1. The summed E-state index contributed by atoms with van der Waals surface area (Å²) in [4.78, 5) is 94.9. The predicted octanol–water partition coefficient (Wildman–Crippen LogP) is 10.1. The predicted molar refractivity (Wildman–Crippen MR) is 263 cm³/mol. The van der Waals surface area contributed by atoms with Gasteiger partial charge in [0.05, 0.1) is 55.7 Å². The number of Topliss-reactive ketones (excluding diaryl/α,β-unsaturated/α-hetero) is 1. The topological polar surface area (TPSA) is 231 Å². The fraction of sp³-hybridized carbons (Fsp3) is 0.566. The first-order valence-electron chi connectivity index (χ1n) is 24.7. The van der Waals surface area contributed by atoms with E-state index in [4.69, 9.17) is 23.7 Å². The highest BCUT2D eigenvalue weighted by Gasteiger charge is 2.53. The Morgan fingerprint density at radius 2 is 1.69 bits per heavy atom. The number of nitro benzene ring substituents is 1. The number of ether oxygens (including phenoxy) is 5. The van der Waals surface area contributed by atoms with Crippen LogP contribution in [0.2, 0.25) is 0 Å². The Morgan fingerprint density at radius 3 is 2.38 bits per heavy atom. The number of unbranched alkanes of at least 4 members (excludes halogenated alkanes) is 7. The summed E-state index contributed by atoms with van der Waals surface area (Å²) >= 11 is 1.57. The van der Waals surface area contributed by atoms with E-state index in [1.54, 1.807) is 25.2 Å². The Balaban J connectivity index is 1.03. The van der Waals surface area contributed by atoms with Gasteiger partial charge in [0.2, 0.25) is 5.75 Å². The first-order valence-corrected chi connectivity index (χ1v) is 25.5. The number of rotatable bonds is 19. The van der Waals surface area contributed by atoms with Crippen molar-refractivity contribution >= 4 is 62.9 Å². The van der Waals surface area contributed by atoms with Gasteiger partial charge in [-0.3, -0.25) is 39.0 Å². The number of allylic oxidation sites excluding steroid dienone is 1. The van der Waals surface area contributed by atoms with Crippen LogP contribution in [0.1, 0.15) is 146 Å². The highest BCUT2D eigenvalue weighted by molar-refractivity contribution is 7.18. The van der Waals surface area contributed by atoms with E-state index in [-0.39, 0.29) is 42.1 Å². The van der Waals surface area contributed by atoms with E-state index in [0.717, 1.165) is 71.8 Å². The quantitative estimate of drug-likeness (QED) is 0.0172. The molecule has 17 nitrogen and oxygen atoms in total. The first-order chi connectivity index (χ1) is 33.8. The summed E-state index contributed by atoms with van der Waals surface area (Å²) in [6, 6.07) is 9.64. The number of esters is 2. The molecule has 2 amide bonds. The molecule has 3 aromatic rings. The van der Waals surface area contributed by atoms with Crippen molar-refractivity contribution in [2.24, 2.45) is 17.3 Å². The summed E-state index contributed by atoms with van der Waals surface area (Å²) in [6.07, 6.45) is 8.12. The van der Waals surface area contributed by atoms with Gasteiger partial charge >= 0.3 is 23.8 Å². The third kappa shape index (κ3) is 14.6. The summed E-state index contributed by atoms with van der Waals surface area (Å²) in [6.45, 7) is 12.7. The maximum absolute atomic E-state index is 14.6. The lowest BCUT2D eigenvalue weighted by atomic mass is 9.71. The molecule has 0 radical (unpaired) electrons. The zero-order valence-electron chi connectivity index (χ0n) is 41.4. The smallest absolute Gasteiger partial charge is 0.457 e. The average Bonchev–Trinajstić information content (AvgIpc) is 3.60. The van der Waals surface area contributed by atoms with Gasteiger partial charge in [-0.15, -0.1) is 17.9 Å². The van der Waals surface area contributed by atoms with Crippen molar-refractivity contribution in [2.75, 3.05) is 6.54 Å². The van der Waals surface area contributed by atoms with E-state index in [1.807, 2.05) is 39.0 Å². The number of fused-ring (bicyclic) bond motifs is 2. The molecule has 18 heteroatoms. The number of aliphatic hydroxyl groups excluding tert-OH is 1. The van der Waals surface area contributed by atoms with E-state index in [1.165, 1.54) is 35.3 Å². The number of epoxide rings is 1. The number of thiazole rings is 1. The molecule has 0 bridgehead atoms. The summed E-state index contributed by atoms with van der Waals surface area (Å²) < 4.78 is 30.1. The Labute approximate surface area is 418 Å². The SMILES string of the molecule is C=CC[C@H]1C(=O)C(C)(C)[C@@H](O)CC(=O)O[C@H](c2ccc3sc(C)nc3c2)C[C@@H]2O[C@]2(C)CCC[C@H](C)[C@@H]1OC(=O)OCc1ccc(OC(=O)CCCCCCCCCCN2C(=O)C=CC2=O)c([N+](=O)[O-])c1. The van der Waals surface area contributed by atoms with Crippen molar-refractivity contribution in [3.05, 3.63) is 87.5 Å². The molecule has 0 saturated carbocycles. The largest absolute Gasteiger partial charge is 0.508 e. The van der Waals surface area contributed by atoms with Crippen molar-refractivity contribution in [3.63, 3.8) is 0 Å². The molecule has 2 fully saturated rings. The molecule has 3 aliphatic heterocycles. The Bertz CT molecular complexity index is 2470. The second-order valence-electron chi connectivity index (χ2n) is 19.8. The van der Waals surface area contributed by atoms with Crippen molar-refractivity contribution in [1.29, 1.82) is 0 Å². The maximum Gasteiger partial charge on any atom is 0.508 e. The second-order valence-corrected chi connectivity index (χ2v) is 21.0. The second kappa shape index (κ2) is 24.5. The van der Waals surface area contributed by atoms with Gasteiger partial charge in [0.1, 0.15) is 24.6 Å². The standard InChI is InChI=1S/C53H67N3O14S/c1-7-17-37-49(33(2)18-16-26-53(6)44(70-53)30-41(36-21-23-42-38(29-36)54-34(3)71-42)68-48(61)31-43(57)52(4,5)50(37)62)69-51(63)66-32-35-20-22-40(39(28-35)56(64)65)67-47(60)19-14-12-10-8-9-11-13-15-27-55-45(58)24-25-46(55)59/h7,20-25,28-29,33,37,41,43-44,49,57H,1,8-19,26-27,30-32H2,2-6H3/t33-,37+,41-,43-,44-,49-,53+/m0/s1. The monoisotopic (exact) mass is 1000 g/mol. The Kier molecular flexibility index (Phi) is 18.8.